The molecule has 1 aromatic carbocycles. The minimum Gasteiger partial charge on any atom is -0.485 e. The lowest BCUT2D eigenvalue weighted by Gasteiger charge is -2.48. The van der Waals surface area contributed by atoms with Crippen LogP contribution in [0.15, 0.2) is 12.1 Å². The molecule has 0 radical (unpaired) electrons. The fourth-order valence-corrected chi connectivity index (χ4v) is 12.0. The molecule has 2 fully saturated rings. The molecule has 1 saturated heterocycles. The van der Waals surface area contributed by atoms with E-state index in [9.17, 15) is 8.78 Å². The molecule has 3 rings (SSSR count). The van der Waals surface area contributed by atoms with Gasteiger partial charge in [0.25, 0.3) is 0 Å². The Morgan fingerprint density at radius 1 is 0.970 bits per heavy atom. The van der Waals surface area contributed by atoms with Crippen LogP contribution in [0.2, 0.25) is 16.6 Å². The van der Waals surface area contributed by atoms with Crippen molar-refractivity contribution in [3.63, 3.8) is 0 Å². The summed E-state index contributed by atoms with van der Waals surface area (Å²) in [7, 11) is -2.03. The van der Waals surface area contributed by atoms with Crippen LogP contribution in [0.3, 0.4) is 0 Å². The lowest BCUT2D eigenvalue weighted by molar-refractivity contribution is 0.189. The average molecular weight is 483 g/mol. The quantitative estimate of drug-likeness (QED) is 0.316. The van der Waals surface area contributed by atoms with Crippen molar-refractivity contribution < 1.29 is 17.9 Å². The summed E-state index contributed by atoms with van der Waals surface area (Å²) in [6.07, 6.45) is 4.54. The predicted octanol–water partition coefficient (Wildman–Crippen LogP) is 6.65. The highest BCUT2D eigenvalue weighted by atomic mass is 28.4. The topological polar surface area (TPSA) is 33.7 Å². The molecule has 2 aliphatic rings. The molecule has 1 N–H and O–H groups in total. The summed E-state index contributed by atoms with van der Waals surface area (Å²) in [5.74, 6) is -1.57. The van der Waals surface area contributed by atoms with Crippen molar-refractivity contribution in [2.75, 3.05) is 24.7 Å². The predicted molar refractivity (Wildman–Crippen MR) is 135 cm³/mol. The van der Waals surface area contributed by atoms with Gasteiger partial charge in [-0.25, -0.2) is 8.78 Å². The van der Waals surface area contributed by atoms with Crippen LogP contribution in [0.1, 0.15) is 74.1 Å². The molecule has 0 aromatic heterocycles. The van der Waals surface area contributed by atoms with E-state index in [-0.39, 0.29) is 24.4 Å². The van der Waals surface area contributed by atoms with Gasteiger partial charge < -0.3 is 19.4 Å². The molecule has 1 saturated carbocycles. The monoisotopic (exact) mass is 482 g/mol. The minimum atomic E-state index is -2.03. The number of halogens is 2. The molecule has 0 unspecified atom stereocenters. The largest absolute Gasteiger partial charge is 0.485 e. The van der Waals surface area contributed by atoms with Gasteiger partial charge in [-0.1, -0.05) is 54.4 Å². The SMILES string of the molecule is CC(C)[Si](OCCOc1c(F)cc(N2C[C@@H](C)N[C@H]3CCCC[C@@H]32)cc1F)(C(C)C)C(C)C. The van der Waals surface area contributed by atoms with Crippen molar-refractivity contribution in [1.29, 1.82) is 0 Å². The second kappa shape index (κ2) is 11.0. The number of piperazine rings is 1. The van der Waals surface area contributed by atoms with Gasteiger partial charge in [0.15, 0.2) is 25.7 Å². The summed E-state index contributed by atoms with van der Waals surface area (Å²) in [6.45, 7) is 16.7. The Kier molecular flexibility index (Phi) is 8.84. The van der Waals surface area contributed by atoms with Crippen LogP contribution >= 0.6 is 0 Å². The highest BCUT2D eigenvalue weighted by molar-refractivity contribution is 6.77. The summed E-state index contributed by atoms with van der Waals surface area (Å²) < 4.78 is 42.0. The molecule has 3 atom stereocenters. The Morgan fingerprint density at radius 2 is 1.55 bits per heavy atom. The summed E-state index contributed by atoms with van der Waals surface area (Å²) in [5, 5.41) is 3.66. The lowest BCUT2D eigenvalue weighted by atomic mass is 9.86. The Balaban J connectivity index is 1.68. The maximum Gasteiger partial charge on any atom is 0.200 e. The van der Waals surface area contributed by atoms with Crippen molar-refractivity contribution >= 4 is 14.0 Å². The zero-order chi connectivity index (χ0) is 24.3. The Bertz CT molecular complexity index is 745. The fourth-order valence-electron chi connectivity index (χ4n) is 6.54. The van der Waals surface area contributed by atoms with E-state index in [0.29, 0.717) is 35.0 Å². The van der Waals surface area contributed by atoms with Gasteiger partial charge in [0.1, 0.15) is 6.61 Å². The third kappa shape index (κ3) is 5.56. The van der Waals surface area contributed by atoms with Crippen LogP contribution in [-0.4, -0.2) is 46.2 Å². The number of fused-ring (bicyclic) bond motifs is 1. The lowest BCUT2D eigenvalue weighted by Crippen LogP contribution is -2.62. The smallest absolute Gasteiger partial charge is 0.200 e. The molecule has 188 valence electrons. The first kappa shape index (κ1) is 26.4. The van der Waals surface area contributed by atoms with Crippen LogP contribution < -0.4 is 15.0 Å². The minimum absolute atomic E-state index is 0.142. The third-order valence-corrected chi connectivity index (χ3v) is 13.9. The number of anilines is 1. The van der Waals surface area contributed by atoms with Gasteiger partial charge >= 0.3 is 0 Å². The third-order valence-electron chi connectivity index (χ3n) is 7.80. The maximum atomic E-state index is 15.0. The molecule has 0 spiro atoms. The Hall–Kier alpha value is -1.18. The van der Waals surface area contributed by atoms with E-state index in [2.05, 4.69) is 58.7 Å². The van der Waals surface area contributed by atoms with Gasteiger partial charge in [-0.2, -0.15) is 0 Å². The molecule has 33 heavy (non-hydrogen) atoms. The van der Waals surface area contributed by atoms with Crippen LogP contribution in [-0.2, 0) is 4.43 Å². The van der Waals surface area contributed by atoms with E-state index in [1.807, 2.05) is 0 Å². The van der Waals surface area contributed by atoms with Crippen molar-refractivity contribution in [3.05, 3.63) is 23.8 Å². The van der Waals surface area contributed by atoms with E-state index in [0.717, 1.165) is 25.8 Å². The molecule has 1 aliphatic heterocycles. The first-order chi connectivity index (χ1) is 15.6. The van der Waals surface area contributed by atoms with E-state index in [1.165, 1.54) is 18.6 Å². The number of ether oxygens (including phenoxy) is 1. The number of hydrogen-bond donors (Lipinski definition) is 1. The zero-order valence-corrected chi connectivity index (χ0v) is 22.6. The van der Waals surface area contributed by atoms with Gasteiger partial charge in [-0.05, 0) is 36.4 Å². The fraction of sp³-hybridized carbons (Fsp3) is 0.769. The number of benzene rings is 1. The molecule has 1 heterocycles. The second-order valence-corrected chi connectivity index (χ2v) is 16.4. The van der Waals surface area contributed by atoms with Crippen molar-refractivity contribution in [2.24, 2.45) is 0 Å². The van der Waals surface area contributed by atoms with Gasteiger partial charge in [0, 0.05) is 42.5 Å². The van der Waals surface area contributed by atoms with Gasteiger partial charge in [0.2, 0.25) is 0 Å². The van der Waals surface area contributed by atoms with Gasteiger partial charge in [0.05, 0.1) is 6.61 Å². The number of hydrogen-bond acceptors (Lipinski definition) is 4. The highest BCUT2D eigenvalue weighted by Gasteiger charge is 2.45. The molecule has 1 aliphatic carbocycles. The molecule has 0 bridgehead atoms. The summed E-state index contributed by atoms with van der Waals surface area (Å²) in [6, 6.07) is 3.84. The van der Waals surface area contributed by atoms with E-state index >= 15 is 0 Å². The van der Waals surface area contributed by atoms with Crippen LogP contribution in [0, 0.1) is 11.6 Å². The normalized spacial score (nSPS) is 24.0. The maximum absolute atomic E-state index is 15.0. The second-order valence-electron chi connectivity index (χ2n) is 10.9. The number of rotatable bonds is 9. The first-order valence-corrected chi connectivity index (χ1v) is 15.0. The number of nitrogens with zero attached hydrogens (tertiary/aromatic N) is 1. The standard InChI is InChI=1S/C26H44F2N2O2Si/c1-17(2)33(18(3)4,19(5)6)32-13-12-31-26-22(27)14-21(15-23(26)28)30-16-20(7)29-24-10-8-9-11-25(24)30/h14-15,17-20,24-25,29H,8-13,16H2,1-7H3/t20-,24+,25+/m1/s1. The molecule has 0 amide bonds. The van der Waals surface area contributed by atoms with Crippen LogP contribution in [0.5, 0.6) is 5.75 Å². The first-order valence-electron chi connectivity index (χ1n) is 12.9. The van der Waals surface area contributed by atoms with Crippen molar-refractivity contribution in [1.82, 2.24) is 5.32 Å². The molecular weight excluding hydrogens is 438 g/mol. The Morgan fingerprint density at radius 3 is 2.12 bits per heavy atom. The van der Waals surface area contributed by atoms with E-state index in [4.69, 9.17) is 9.16 Å². The average Bonchev–Trinajstić information content (AvgIpc) is 2.73. The Labute approximate surface area is 200 Å². The van der Waals surface area contributed by atoms with E-state index < -0.39 is 20.0 Å². The summed E-state index contributed by atoms with van der Waals surface area (Å²) in [4.78, 5) is 2.19. The van der Waals surface area contributed by atoms with Crippen LogP contribution in [0.4, 0.5) is 14.5 Å². The number of nitrogens with one attached hydrogen (secondary N) is 1. The molecule has 1 aromatic rings. The van der Waals surface area contributed by atoms with Gasteiger partial charge in [-0.15, -0.1) is 0 Å². The van der Waals surface area contributed by atoms with E-state index in [1.54, 1.807) is 0 Å². The molecule has 7 heteroatoms. The zero-order valence-electron chi connectivity index (χ0n) is 21.6. The molecular formula is C26H44F2N2O2Si. The highest BCUT2D eigenvalue weighted by Crippen LogP contribution is 2.42. The van der Waals surface area contributed by atoms with Crippen molar-refractivity contribution in [3.8, 4) is 5.75 Å². The summed E-state index contributed by atoms with van der Waals surface area (Å²) in [5.41, 5.74) is 1.98. The summed E-state index contributed by atoms with van der Waals surface area (Å²) >= 11 is 0. The van der Waals surface area contributed by atoms with Crippen LogP contribution in [0.25, 0.3) is 0 Å². The van der Waals surface area contributed by atoms with Gasteiger partial charge in [-0.3, -0.25) is 0 Å². The molecule has 4 nitrogen and oxygen atoms in total. The van der Waals surface area contributed by atoms with Crippen molar-refractivity contribution in [2.45, 2.75) is 109 Å².